The third kappa shape index (κ3) is 4.81. The van der Waals surface area contributed by atoms with Crippen molar-refractivity contribution in [2.45, 2.75) is 13.1 Å². The Balaban J connectivity index is 1.92. The van der Waals surface area contributed by atoms with Gasteiger partial charge in [0, 0.05) is 30.7 Å². The molecule has 0 saturated heterocycles. The molecule has 1 N–H and O–H groups in total. The number of hydrogen-bond donors (Lipinski definition) is 1. The molecule has 0 aromatic heterocycles. The number of benzene rings is 2. The molecule has 0 fully saturated rings. The predicted molar refractivity (Wildman–Crippen MR) is 95.3 cm³/mol. The maximum Gasteiger partial charge on any atom is 0.169 e. The molecule has 0 heterocycles. The first-order valence-corrected chi connectivity index (χ1v) is 7.84. The highest BCUT2D eigenvalue weighted by molar-refractivity contribution is 7.80. The first kappa shape index (κ1) is 17.5. The van der Waals surface area contributed by atoms with Gasteiger partial charge < -0.3 is 15.0 Å². The van der Waals surface area contributed by atoms with Crippen LogP contribution in [0, 0.1) is 5.82 Å². The number of nitrogens with one attached hydrogen (secondary N) is 1. The Hall–Kier alpha value is -1.85. The van der Waals surface area contributed by atoms with E-state index in [0.29, 0.717) is 28.8 Å². The Kier molecular flexibility index (Phi) is 6.19. The van der Waals surface area contributed by atoms with Crippen molar-refractivity contribution in [1.29, 1.82) is 0 Å². The van der Waals surface area contributed by atoms with Crippen LogP contribution in [-0.4, -0.2) is 24.2 Å². The predicted octanol–water partition coefficient (Wildman–Crippen LogP) is 3.99. The molecule has 0 unspecified atom stereocenters. The largest absolute Gasteiger partial charge is 0.497 e. The van der Waals surface area contributed by atoms with Gasteiger partial charge in [-0.25, -0.2) is 4.39 Å². The molecule has 0 aliphatic carbocycles. The van der Waals surface area contributed by atoms with Crippen molar-refractivity contribution in [3.05, 3.63) is 64.4 Å². The van der Waals surface area contributed by atoms with E-state index in [9.17, 15) is 4.39 Å². The molecule has 0 saturated carbocycles. The number of thiocarbonyl (C=S) groups is 1. The Morgan fingerprint density at radius 2 is 1.96 bits per heavy atom. The lowest BCUT2D eigenvalue weighted by Crippen LogP contribution is -2.36. The van der Waals surface area contributed by atoms with E-state index < -0.39 is 0 Å². The molecule has 2 aromatic carbocycles. The van der Waals surface area contributed by atoms with Crippen molar-refractivity contribution in [1.82, 2.24) is 10.2 Å². The molecule has 0 atom stereocenters. The maximum atomic E-state index is 13.8. The van der Waals surface area contributed by atoms with E-state index in [1.54, 1.807) is 31.2 Å². The lowest BCUT2D eigenvalue weighted by Gasteiger charge is -2.22. The lowest BCUT2D eigenvalue weighted by molar-refractivity contribution is 0.414. The highest BCUT2D eigenvalue weighted by atomic mass is 35.5. The third-order valence-electron chi connectivity index (χ3n) is 3.41. The molecule has 2 aromatic rings. The monoisotopic (exact) mass is 352 g/mol. The van der Waals surface area contributed by atoms with Crippen molar-refractivity contribution in [3.8, 4) is 5.75 Å². The first-order chi connectivity index (χ1) is 11.0. The van der Waals surface area contributed by atoms with Crippen molar-refractivity contribution in [2.75, 3.05) is 14.2 Å². The van der Waals surface area contributed by atoms with Gasteiger partial charge in [0.2, 0.25) is 0 Å². The van der Waals surface area contributed by atoms with Crippen molar-refractivity contribution >= 4 is 28.9 Å². The van der Waals surface area contributed by atoms with Crippen LogP contribution in [-0.2, 0) is 13.1 Å². The maximum absolute atomic E-state index is 13.8. The minimum absolute atomic E-state index is 0.306. The van der Waals surface area contributed by atoms with Crippen LogP contribution < -0.4 is 10.1 Å². The summed E-state index contributed by atoms with van der Waals surface area (Å²) in [5.41, 5.74) is 1.51. The van der Waals surface area contributed by atoms with Crippen LogP contribution in [0.3, 0.4) is 0 Å². The van der Waals surface area contributed by atoms with E-state index >= 15 is 0 Å². The number of ether oxygens (including phenoxy) is 1. The summed E-state index contributed by atoms with van der Waals surface area (Å²) in [5, 5.41) is 4.07. The molecule has 23 heavy (non-hydrogen) atoms. The fourth-order valence-electron chi connectivity index (χ4n) is 2.05. The van der Waals surface area contributed by atoms with Gasteiger partial charge in [0.1, 0.15) is 11.6 Å². The number of halogens is 2. The van der Waals surface area contributed by atoms with Crippen LogP contribution in [0.4, 0.5) is 4.39 Å². The molecule has 0 spiro atoms. The van der Waals surface area contributed by atoms with Gasteiger partial charge in [-0.3, -0.25) is 0 Å². The lowest BCUT2D eigenvalue weighted by atomic mass is 10.2. The Morgan fingerprint density at radius 3 is 2.57 bits per heavy atom. The molecule has 0 aliphatic rings. The Labute approximate surface area is 146 Å². The fraction of sp³-hybridized carbons (Fsp3) is 0.235. The molecular weight excluding hydrogens is 335 g/mol. The summed E-state index contributed by atoms with van der Waals surface area (Å²) in [6.45, 7) is 0.887. The number of nitrogens with zero attached hydrogens (tertiary/aromatic N) is 1. The van der Waals surface area contributed by atoms with Gasteiger partial charge in [0.15, 0.2) is 5.11 Å². The fourth-order valence-corrected chi connectivity index (χ4v) is 2.41. The van der Waals surface area contributed by atoms with Crippen molar-refractivity contribution in [2.24, 2.45) is 0 Å². The summed E-state index contributed by atoms with van der Waals surface area (Å²) < 4.78 is 18.9. The van der Waals surface area contributed by atoms with Gasteiger partial charge in [-0.2, -0.15) is 0 Å². The molecule has 0 bridgehead atoms. The summed E-state index contributed by atoms with van der Waals surface area (Å²) in [6.07, 6.45) is 0. The van der Waals surface area contributed by atoms with Crippen LogP contribution in [0.2, 0.25) is 5.02 Å². The van der Waals surface area contributed by atoms with Crippen LogP contribution in [0.25, 0.3) is 0 Å². The highest BCUT2D eigenvalue weighted by Gasteiger charge is 2.11. The SMILES string of the molecule is COc1ccc(CNC(=S)N(C)Cc2c(F)cccc2Cl)cc1. The van der Waals surface area contributed by atoms with E-state index in [1.807, 2.05) is 24.3 Å². The second-order valence-corrected chi connectivity index (χ2v) is 5.86. The molecule has 122 valence electrons. The van der Waals surface area contributed by atoms with E-state index in [4.69, 9.17) is 28.6 Å². The van der Waals surface area contributed by atoms with E-state index in [0.717, 1.165) is 11.3 Å². The second kappa shape index (κ2) is 8.13. The van der Waals surface area contributed by atoms with E-state index in [1.165, 1.54) is 6.07 Å². The van der Waals surface area contributed by atoms with Gasteiger partial charge >= 0.3 is 0 Å². The number of methoxy groups -OCH3 is 1. The van der Waals surface area contributed by atoms with Crippen LogP contribution in [0.1, 0.15) is 11.1 Å². The quantitative estimate of drug-likeness (QED) is 0.822. The average molecular weight is 353 g/mol. The molecule has 2 rings (SSSR count). The minimum Gasteiger partial charge on any atom is -0.497 e. The Morgan fingerprint density at radius 1 is 1.26 bits per heavy atom. The van der Waals surface area contributed by atoms with Crippen LogP contribution >= 0.6 is 23.8 Å². The summed E-state index contributed by atoms with van der Waals surface area (Å²) >= 11 is 11.4. The zero-order valence-corrected chi connectivity index (χ0v) is 14.5. The molecule has 3 nitrogen and oxygen atoms in total. The van der Waals surface area contributed by atoms with Gasteiger partial charge in [-0.15, -0.1) is 0 Å². The number of hydrogen-bond acceptors (Lipinski definition) is 2. The minimum atomic E-state index is -0.331. The zero-order chi connectivity index (χ0) is 16.8. The second-order valence-electron chi connectivity index (χ2n) is 5.06. The van der Waals surface area contributed by atoms with E-state index in [-0.39, 0.29) is 5.82 Å². The standard InChI is InChI=1S/C17H18ClFN2OS/c1-21(11-14-15(18)4-3-5-16(14)19)17(23)20-10-12-6-8-13(22-2)9-7-12/h3-9H,10-11H2,1-2H3,(H,20,23). The molecular formula is C17H18ClFN2OS. The molecule has 0 aliphatic heterocycles. The summed E-state index contributed by atoms with van der Waals surface area (Å²) in [6, 6.07) is 12.3. The van der Waals surface area contributed by atoms with Crippen LogP contribution in [0.5, 0.6) is 5.75 Å². The number of rotatable bonds is 5. The van der Waals surface area contributed by atoms with Crippen LogP contribution in [0.15, 0.2) is 42.5 Å². The highest BCUT2D eigenvalue weighted by Crippen LogP contribution is 2.20. The van der Waals surface area contributed by atoms with Crippen molar-refractivity contribution in [3.63, 3.8) is 0 Å². The van der Waals surface area contributed by atoms with Gasteiger partial charge in [0.05, 0.1) is 7.11 Å². The smallest absolute Gasteiger partial charge is 0.169 e. The summed E-state index contributed by atoms with van der Waals surface area (Å²) in [7, 11) is 3.43. The molecule has 0 radical (unpaired) electrons. The average Bonchev–Trinajstić information content (AvgIpc) is 2.56. The van der Waals surface area contributed by atoms with Gasteiger partial charge in [-0.05, 0) is 42.0 Å². The summed E-state index contributed by atoms with van der Waals surface area (Å²) in [5.74, 6) is 0.477. The first-order valence-electron chi connectivity index (χ1n) is 7.06. The van der Waals surface area contributed by atoms with Crippen molar-refractivity contribution < 1.29 is 9.13 Å². The topological polar surface area (TPSA) is 24.5 Å². The Bertz CT molecular complexity index is 659. The zero-order valence-electron chi connectivity index (χ0n) is 13.0. The normalized spacial score (nSPS) is 10.3. The van der Waals surface area contributed by atoms with Gasteiger partial charge in [0.25, 0.3) is 0 Å². The summed E-state index contributed by atoms with van der Waals surface area (Å²) in [4.78, 5) is 1.75. The molecule has 6 heteroatoms. The third-order valence-corrected chi connectivity index (χ3v) is 4.22. The van der Waals surface area contributed by atoms with E-state index in [2.05, 4.69) is 5.32 Å². The molecule has 0 amide bonds. The van der Waals surface area contributed by atoms with Gasteiger partial charge in [-0.1, -0.05) is 29.8 Å².